The molecule has 4 aromatic carbocycles. The van der Waals surface area contributed by atoms with Crippen LogP contribution in [0.4, 0.5) is 22.7 Å². The van der Waals surface area contributed by atoms with Crippen molar-refractivity contribution < 1.29 is 0 Å². The zero-order valence-electron chi connectivity index (χ0n) is 35.7. The molecule has 0 unspecified atom stereocenters. The average Bonchev–Trinajstić information content (AvgIpc) is 3.23. The van der Waals surface area contributed by atoms with Crippen LogP contribution in [0.1, 0.15) is 60.8 Å². The molecule has 2 saturated heterocycles. The first-order valence-corrected chi connectivity index (χ1v) is 21.0. The lowest BCUT2D eigenvalue weighted by Crippen LogP contribution is -2.33. The van der Waals surface area contributed by atoms with Crippen LogP contribution in [0.5, 0.6) is 0 Å². The Hall–Kier alpha value is -5.10. The lowest BCUT2D eigenvalue weighted by Gasteiger charge is -2.31. The van der Waals surface area contributed by atoms with Gasteiger partial charge in [-0.15, -0.1) is 0 Å². The first kappa shape index (κ1) is 44.0. The fraction of sp³-hybridized carbons (Fsp3) is 0.447. The van der Waals surface area contributed by atoms with Crippen molar-refractivity contribution in [1.82, 2.24) is 9.80 Å². The van der Waals surface area contributed by atoms with Crippen LogP contribution in [0, 0.1) is 11.8 Å². The van der Waals surface area contributed by atoms with Gasteiger partial charge in [0.25, 0.3) is 0 Å². The van der Waals surface area contributed by atoms with Crippen LogP contribution in [-0.2, 0) is 13.1 Å². The van der Waals surface area contributed by atoms with Gasteiger partial charge >= 0.3 is 0 Å². The summed E-state index contributed by atoms with van der Waals surface area (Å²) in [6, 6.07) is 33.2. The SMILES string of the molecule is CN(C)c1ccc(CN2CCC(CCN=C(N)c3ccc(N(C)N)cc3)CC2)cc1.CN(C)c1ccc(CN2CCC(CCN=C(N)c3ccc(N)cc3)CC2)cc1. The maximum atomic E-state index is 6.17. The lowest BCUT2D eigenvalue weighted by molar-refractivity contribution is 0.173. The molecule has 11 heteroatoms. The summed E-state index contributed by atoms with van der Waals surface area (Å²) in [7, 11) is 10.1. The van der Waals surface area contributed by atoms with E-state index in [2.05, 4.69) is 106 Å². The van der Waals surface area contributed by atoms with E-state index in [1.54, 1.807) is 5.01 Å². The highest BCUT2D eigenvalue weighted by molar-refractivity contribution is 5.98. The van der Waals surface area contributed by atoms with E-state index >= 15 is 0 Å². The lowest BCUT2D eigenvalue weighted by atomic mass is 9.93. The van der Waals surface area contributed by atoms with E-state index in [9.17, 15) is 0 Å². The number of aliphatic imine (C=N–C) groups is 2. The van der Waals surface area contributed by atoms with Crippen LogP contribution < -0.4 is 37.9 Å². The Balaban J connectivity index is 0.000000221. The van der Waals surface area contributed by atoms with Crippen molar-refractivity contribution >= 4 is 34.4 Å². The van der Waals surface area contributed by atoms with Crippen molar-refractivity contribution in [2.75, 3.05) is 95.0 Å². The summed E-state index contributed by atoms with van der Waals surface area (Å²) < 4.78 is 0. The van der Waals surface area contributed by atoms with Gasteiger partial charge in [-0.2, -0.15) is 0 Å². The second-order valence-corrected chi connectivity index (χ2v) is 16.5. The van der Waals surface area contributed by atoms with Crippen LogP contribution in [0.2, 0.25) is 0 Å². The number of anilines is 4. The van der Waals surface area contributed by atoms with E-state index < -0.39 is 0 Å². The summed E-state index contributed by atoms with van der Waals surface area (Å²) in [5, 5.41) is 1.59. The minimum atomic E-state index is 0.610. The average molecular weight is 788 g/mol. The normalized spacial score (nSPS) is 16.1. The third-order valence-corrected chi connectivity index (χ3v) is 11.5. The number of nitrogens with zero attached hydrogens (tertiary/aromatic N) is 7. The molecule has 4 aromatic rings. The first-order valence-electron chi connectivity index (χ1n) is 21.0. The zero-order valence-corrected chi connectivity index (χ0v) is 35.7. The number of likely N-dealkylation sites (tertiary alicyclic amines) is 2. The summed E-state index contributed by atoms with van der Waals surface area (Å²) >= 11 is 0. The van der Waals surface area contributed by atoms with Gasteiger partial charge in [-0.3, -0.25) is 19.8 Å². The van der Waals surface area contributed by atoms with Crippen molar-refractivity contribution in [1.29, 1.82) is 0 Å². The number of benzene rings is 4. The molecule has 58 heavy (non-hydrogen) atoms. The molecule has 11 nitrogen and oxygen atoms in total. The third kappa shape index (κ3) is 14.1. The highest BCUT2D eigenvalue weighted by atomic mass is 15.4. The molecule has 312 valence electrons. The molecule has 6 rings (SSSR count). The molecule has 0 spiro atoms. The van der Waals surface area contributed by atoms with Crippen molar-refractivity contribution in [3.8, 4) is 0 Å². The summed E-state index contributed by atoms with van der Waals surface area (Å²) in [6.07, 6.45) is 7.18. The molecule has 0 bridgehead atoms. The fourth-order valence-corrected chi connectivity index (χ4v) is 7.62. The quantitative estimate of drug-likeness (QED) is 0.0353. The van der Waals surface area contributed by atoms with Gasteiger partial charge in [0.2, 0.25) is 0 Å². The zero-order chi connectivity index (χ0) is 41.4. The van der Waals surface area contributed by atoms with Gasteiger partial charge in [0, 0.05) is 89.6 Å². The van der Waals surface area contributed by atoms with Gasteiger partial charge in [0.1, 0.15) is 11.7 Å². The van der Waals surface area contributed by atoms with Crippen molar-refractivity contribution in [2.24, 2.45) is 39.1 Å². The van der Waals surface area contributed by atoms with Crippen LogP contribution in [0.3, 0.4) is 0 Å². The number of nitrogens with two attached hydrogens (primary N) is 4. The van der Waals surface area contributed by atoms with Crippen molar-refractivity contribution in [2.45, 2.75) is 51.6 Å². The molecular formula is C47H69N11. The highest BCUT2D eigenvalue weighted by Gasteiger charge is 2.20. The molecule has 0 saturated carbocycles. The smallest absolute Gasteiger partial charge is 0.125 e. The summed E-state index contributed by atoms with van der Waals surface area (Å²) in [5.41, 5.74) is 26.9. The van der Waals surface area contributed by atoms with E-state index in [1.807, 2.05) is 55.6 Å². The second-order valence-electron chi connectivity index (χ2n) is 16.5. The van der Waals surface area contributed by atoms with Crippen LogP contribution in [0.25, 0.3) is 0 Å². The summed E-state index contributed by atoms with van der Waals surface area (Å²) in [5.74, 6) is 8.44. The second kappa shape index (κ2) is 22.2. The highest BCUT2D eigenvalue weighted by Crippen LogP contribution is 2.24. The molecule has 0 aliphatic carbocycles. The number of hydrogen-bond donors (Lipinski definition) is 4. The van der Waals surface area contributed by atoms with E-state index in [1.165, 1.54) is 48.2 Å². The minimum Gasteiger partial charge on any atom is -0.399 e. The van der Waals surface area contributed by atoms with Gasteiger partial charge in [-0.05, 0) is 160 Å². The molecule has 2 heterocycles. The van der Waals surface area contributed by atoms with Gasteiger partial charge in [-0.25, -0.2) is 5.84 Å². The molecule has 0 atom stereocenters. The molecule has 8 N–H and O–H groups in total. The summed E-state index contributed by atoms with van der Waals surface area (Å²) in [4.78, 5) is 18.6. The standard InChI is InChI=1S/C24H36N6.C23H33N5/c1-28(2)22-8-4-20(5-9-22)18-30-16-13-19(14-17-30)12-15-27-24(25)21-6-10-23(11-7-21)29(3)26;1-27(2)22-9-3-19(4-10-22)17-28-15-12-18(13-16-28)11-14-26-23(25)20-5-7-21(24)8-6-20/h4-11,19H,12-18,26H2,1-3H3,(H2,25,27);3-10,18H,11-17,24H2,1-2H3,(H2,25,26). The third-order valence-electron chi connectivity index (χ3n) is 11.5. The Morgan fingerprint density at radius 2 is 0.879 bits per heavy atom. The summed E-state index contributed by atoms with van der Waals surface area (Å²) in [6.45, 7) is 8.32. The molecule has 0 aromatic heterocycles. The fourth-order valence-electron chi connectivity index (χ4n) is 7.62. The Morgan fingerprint density at radius 1 is 0.534 bits per heavy atom. The number of nitrogen functional groups attached to an aromatic ring is 1. The van der Waals surface area contributed by atoms with E-state index in [0.29, 0.717) is 11.7 Å². The van der Waals surface area contributed by atoms with E-state index in [-0.39, 0.29) is 0 Å². The number of amidine groups is 2. The predicted octanol–water partition coefficient (Wildman–Crippen LogP) is 6.41. The van der Waals surface area contributed by atoms with Crippen LogP contribution in [-0.4, -0.2) is 96.0 Å². The molecule has 0 amide bonds. The topological polar surface area (TPSA) is 145 Å². The maximum Gasteiger partial charge on any atom is 0.125 e. The number of piperidine rings is 2. The Morgan fingerprint density at radius 3 is 1.22 bits per heavy atom. The van der Waals surface area contributed by atoms with E-state index in [0.717, 1.165) is 99.5 Å². The van der Waals surface area contributed by atoms with Gasteiger partial charge in [0.15, 0.2) is 0 Å². The monoisotopic (exact) mass is 788 g/mol. The Bertz CT molecular complexity index is 1840. The van der Waals surface area contributed by atoms with Crippen LogP contribution >= 0.6 is 0 Å². The van der Waals surface area contributed by atoms with Crippen molar-refractivity contribution in [3.05, 3.63) is 119 Å². The van der Waals surface area contributed by atoms with Gasteiger partial charge in [-0.1, -0.05) is 24.3 Å². The minimum absolute atomic E-state index is 0.610. The molecule has 2 aliphatic heterocycles. The van der Waals surface area contributed by atoms with Gasteiger partial charge in [0.05, 0.1) is 5.69 Å². The van der Waals surface area contributed by atoms with Gasteiger partial charge < -0.3 is 32.0 Å². The number of hydrogen-bond acceptors (Lipinski definition) is 9. The molecular weight excluding hydrogens is 719 g/mol. The Labute approximate surface area is 348 Å². The number of rotatable bonds is 15. The first-order chi connectivity index (χ1) is 27.9. The maximum absolute atomic E-state index is 6.17. The van der Waals surface area contributed by atoms with Crippen molar-refractivity contribution in [3.63, 3.8) is 0 Å². The van der Waals surface area contributed by atoms with E-state index in [4.69, 9.17) is 23.0 Å². The number of hydrazine groups is 1. The largest absolute Gasteiger partial charge is 0.399 e. The molecule has 2 fully saturated rings. The molecule has 0 radical (unpaired) electrons. The predicted molar refractivity (Wildman–Crippen MR) is 248 cm³/mol. The van der Waals surface area contributed by atoms with Crippen LogP contribution in [0.15, 0.2) is 107 Å². The molecule has 2 aliphatic rings. The Kier molecular flexibility index (Phi) is 16.8.